The molecular weight excluding hydrogens is 292 g/mol. The van der Waals surface area contributed by atoms with Gasteiger partial charge < -0.3 is 16.0 Å². The first-order chi connectivity index (χ1) is 9.58. The summed E-state index contributed by atoms with van der Waals surface area (Å²) >= 11 is 3.06. The zero-order chi connectivity index (χ0) is 14.3. The summed E-state index contributed by atoms with van der Waals surface area (Å²) in [7, 11) is 3.94. The number of aromatic nitrogens is 1. The first-order valence-corrected chi connectivity index (χ1v) is 8.30. The maximum Gasteiger partial charge on any atom is 0.261 e. The number of thiophene rings is 1. The van der Waals surface area contributed by atoms with E-state index in [2.05, 4.69) is 10.3 Å². The van der Waals surface area contributed by atoms with E-state index in [1.165, 1.54) is 24.2 Å². The highest BCUT2D eigenvalue weighted by Gasteiger charge is 2.31. The standard InChI is InChI=1S/C13H18N4OS2/c1-17(2)13-16-12-10(20-13)5-9(19-12)11(18)15-8(6-14)7-3-4-7/h5,7-8H,3-4,6,14H2,1-2H3,(H,15,18). The Bertz CT molecular complexity index is 598. The Morgan fingerprint density at radius 2 is 2.30 bits per heavy atom. The van der Waals surface area contributed by atoms with Crippen LogP contribution in [0.4, 0.5) is 5.13 Å². The SMILES string of the molecule is CN(C)c1nc2sc(C(=O)NC(CN)C3CC3)cc2s1. The average Bonchev–Trinajstić information content (AvgIpc) is 3.03. The van der Waals surface area contributed by atoms with Crippen LogP contribution in [0.5, 0.6) is 0 Å². The maximum absolute atomic E-state index is 12.2. The van der Waals surface area contributed by atoms with Gasteiger partial charge in [-0.3, -0.25) is 4.79 Å². The van der Waals surface area contributed by atoms with Crippen LogP contribution in [0.2, 0.25) is 0 Å². The number of nitrogens with one attached hydrogen (secondary N) is 1. The van der Waals surface area contributed by atoms with Crippen LogP contribution < -0.4 is 16.0 Å². The van der Waals surface area contributed by atoms with Crippen LogP contribution in [0.3, 0.4) is 0 Å². The fourth-order valence-corrected chi connectivity index (χ4v) is 4.17. The molecule has 3 rings (SSSR count). The number of carbonyl (C=O) groups is 1. The molecule has 5 nitrogen and oxygen atoms in total. The zero-order valence-electron chi connectivity index (χ0n) is 11.5. The van der Waals surface area contributed by atoms with Gasteiger partial charge in [0, 0.05) is 26.7 Å². The van der Waals surface area contributed by atoms with Crippen molar-refractivity contribution in [1.82, 2.24) is 10.3 Å². The molecule has 0 spiro atoms. The van der Waals surface area contributed by atoms with Gasteiger partial charge in [-0.2, -0.15) is 0 Å². The number of nitrogens with zero attached hydrogens (tertiary/aromatic N) is 2. The van der Waals surface area contributed by atoms with E-state index in [4.69, 9.17) is 5.73 Å². The van der Waals surface area contributed by atoms with Gasteiger partial charge in [0.2, 0.25) is 0 Å². The van der Waals surface area contributed by atoms with Crippen molar-refractivity contribution in [2.45, 2.75) is 18.9 Å². The number of rotatable bonds is 5. The predicted octanol–water partition coefficient (Wildman–Crippen LogP) is 1.89. The Morgan fingerprint density at radius 1 is 1.55 bits per heavy atom. The van der Waals surface area contributed by atoms with Gasteiger partial charge in [-0.15, -0.1) is 11.3 Å². The van der Waals surface area contributed by atoms with Gasteiger partial charge in [-0.25, -0.2) is 4.98 Å². The Morgan fingerprint density at radius 3 is 2.85 bits per heavy atom. The van der Waals surface area contributed by atoms with Crippen molar-refractivity contribution in [2.24, 2.45) is 11.7 Å². The van der Waals surface area contributed by atoms with E-state index >= 15 is 0 Å². The molecule has 0 aromatic carbocycles. The van der Waals surface area contributed by atoms with Gasteiger partial charge in [-0.05, 0) is 24.8 Å². The largest absolute Gasteiger partial charge is 0.354 e. The van der Waals surface area contributed by atoms with Gasteiger partial charge >= 0.3 is 0 Å². The Balaban J connectivity index is 1.75. The lowest BCUT2D eigenvalue weighted by atomic mass is 10.2. The molecule has 108 valence electrons. The molecule has 1 atom stereocenters. The molecule has 1 aliphatic rings. The second-order valence-electron chi connectivity index (χ2n) is 5.32. The molecule has 1 aliphatic carbocycles. The van der Waals surface area contributed by atoms with Crippen molar-refractivity contribution in [3.63, 3.8) is 0 Å². The number of nitrogens with two attached hydrogens (primary N) is 1. The van der Waals surface area contributed by atoms with Crippen LogP contribution in [0.1, 0.15) is 22.5 Å². The molecule has 2 aromatic rings. The average molecular weight is 310 g/mol. The van der Waals surface area contributed by atoms with Gasteiger partial charge in [0.25, 0.3) is 5.91 Å². The van der Waals surface area contributed by atoms with Crippen molar-refractivity contribution >= 4 is 43.2 Å². The lowest BCUT2D eigenvalue weighted by molar-refractivity contribution is 0.0937. The number of hydrogen-bond acceptors (Lipinski definition) is 6. The smallest absolute Gasteiger partial charge is 0.261 e. The Labute approximate surface area is 125 Å². The Hall–Kier alpha value is -1.18. The number of amides is 1. The van der Waals surface area contributed by atoms with Gasteiger partial charge in [0.1, 0.15) is 4.83 Å². The highest BCUT2D eigenvalue weighted by Crippen LogP contribution is 2.35. The number of anilines is 1. The molecule has 0 aliphatic heterocycles. The molecule has 0 radical (unpaired) electrons. The second kappa shape index (κ2) is 5.31. The number of thiazole rings is 1. The molecule has 7 heteroatoms. The van der Waals surface area contributed by atoms with Crippen LogP contribution in [0.15, 0.2) is 6.07 Å². The van der Waals surface area contributed by atoms with Crippen molar-refractivity contribution < 1.29 is 4.79 Å². The minimum Gasteiger partial charge on any atom is -0.354 e. The maximum atomic E-state index is 12.2. The number of carbonyl (C=O) groups excluding carboxylic acids is 1. The van der Waals surface area contributed by atoms with Crippen LogP contribution in [0.25, 0.3) is 9.53 Å². The molecule has 0 saturated heterocycles. The summed E-state index contributed by atoms with van der Waals surface area (Å²) in [6.45, 7) is 0.513. The van der Waals surface area contributed by atoms with E-state index in [-0.39, 0.29) is 11.9 Å². The van der Waals surface area contributed by atoms with Crippen molar-refractivity contribution in [2.75, 3.05) is 25.5 Å². The first-order valence-electron chi connectivity index (χ1n) is 6.67. The van der Waals surface area contributed by atoms with Crippen molar-refractivity contribution in [1.29, 1.82) is 0 Å². The summed E-state index contributed by atoms with van der Waals surface area (Å²) in [6, 6.07) is 2.05. The van der Waals surface area contributed by atoms with Crippen molar-refractivity contribution in [3.05, 3.63) is 10.9 Å². The fraction of sp³-hybridized carbons (Fsp3) is 0.538. The molecule has 1 unspecified atom stereocenters. The van der Waals surface area contributed by atoms with E-state index in [1.807, 2.05) is 25.1 Å². The topological polar surface area (TPSA) is 71.2 Å². The molecule has 3 N–H and O–H groups in total. The summed E-state index contributed by atoms with van der Waals surface area (Å²) in [5, 5.41) is 4.01. The third kappa shape index (κ3) is 2.65. The highest BCUT2D eigenvalue weighted by atomic mass is 32.1. The van der Waals surface area contributed by atoms with Gasteiger partial charge in [-0.1, -0.05) is 11.3 Å². The van der Waals surface area contributed by atoms with E-state index in [1.54, 1.807) is 11.3 Å². The molecule has 1 saturated carbocycles. The van der Waals surface area contributed by atoms with Crippen LogP contribution in [-0.4, -0.2) is 37.6 Å². The van der Waals surface area contributed by atoms with Crippen LogP contribution in [-0.2, 0) is 0 Å². The molecule has 2 heterocycles. The van der Waals surface area contributed by atoms with Gasteiger partial charge in [0.15, 0.2) is 5.13 Å². The summed E-state index contributed by atoms with van der Waals surface area (Å²) in [5.74, 6) is 0.553. The summed E-state index contributed by atoms with van der Waals surface area (Å²) < 4.78 is 1.07. The first kappa shape index (κ1) is 13.8. The van der Waals surface area contributed by atoms with Crippen LogP contribution >= 0.6 is 22.7 Å². The normalized spacial score (nSPS) is 16.4. The lowest BCUT2D eigenvalue weighted by Crippen LogP contribution is -2.41. The van der Waals surface area contributed by atoms with Gasteiger partial charge in [0.05, 0.1) is 9.58 Å². The molecule has 1 amide bonds. The van der Waals surface area contributed by atoms with Crippen molar-refractivity contribution in [3.8, 4) is 0 Å². The second-order valence-corrected chi connectivity index (χ2v) is 7.36. The summed E-state index contributed by atoms with van der Waals surface area (Å²) in [4.78, 5) is 20.4. The summed E-state index contributed by atoms with van der Waals surface area (Å²) in [5.41, 5.74) is 5.72. The minimum atomic E-state index is -0.0195. The zero-order valence-corrected chi connectivity index (χ0v) is 13.2. The fourth-order valence-electron chi connectivity index (χ4n) is 2.13. The quantitative estimate of drug-likeness (QED) is 0.885. The molecule has 2 aromatic heterocycles. The predicted molar refractivity (Wildman–Crippen MR) is 84.9 cm³/mol. The molecule has 1 fully saturated rings. The van der Waals surface area contributed by atoms with E-state index < -0.39 is 0 Å². The van der Waals surface area contributed by atoms with E-state index in [9.17, 15) is 4.79 Å². The third-order valence-electron chi connectivity index (χ3n) is 3.45. The Kier molecular flexibility index (Phi) is 3.66. The highest BCUT2D eigenvalue weighted by molar-refractivity contribution is 7.29. The van der Waals surface area contributed by atoms with E-state index in [0.29, 0.717) is 12.5 Å². The monoisotopic (exact) mass is 310 g/mol. The molecule has 0 bridgehead atoms. The number of fused-ring (bicyclic) bond motifs is 1. The minimum absolute atomic E-state index is 0.0195. The lowest BCUT2D eigenvalue weighted by Gasteiger charge is -2.14. The van der Waals surface area contributed by atoms with E-state index in [0.717, 1.165) is 19.5 Å². The number of hydrogen-bond donors (Lipinski definition) is 2. The van der Waals surface area contributed by atoms with Crippen LogP contribution in [0, 0.1) is 5.92 Å². The third-order valence-corrected chi connectivity index (χ3v) is 5.77. The molecule has 20 heavy (non-hydrogen) atoms. The molecular formula is C13H18N4OS2. The summed E-state index contributed by atoms with van der Waals surface area (Å²) in [6.07, 6.45) is 2.35.